The van der Waals surface area contributed by atoms with Crippen LogP contribution in [0.4, 0.5) is 26.3 Å². The molecule has 0 saturated heterocycles. The molecule has 0 aliphatic heterocycles. The van der Waals surface area contributed by atoms with E-state index in [-0.39, 0.29) is 0 Å². The number of halogens is 6. The normalized spacial score (nSPS) is 12.0. The Morgan fingerprint density at radius 1 is 0.523 bits per heavy atom. The summed E-state index contributed by atoms with van der Waals surface area (Å²) in [6, 6.07) is 21.8. The zero-order valence-electron chi connectivity index (χ0n) is 22.1. The van der Waals surface area contributed by atoms with Gasteiger partial charge in [0.25, 0.3) is 0 Å². The fraction of sp³-hybridized carbons (Fsp3) is 0.125. The molecule has 220 valence electrons. The van der Waals surface area contributed by atoms with Crippen LogP contribution in [-0.4, -0.2) is 0 Å². The van der Waals surface area contributed by atoms with Crippen LogP contribution in [0.1, 0.15) is 41.8 Å². The monoisotopic (exact) mass is 670 g/mol. The summed E-state index contributed by atoms with van der Waals surface area (Å²) in [5.74, 6) is 0. The molecule has 6 rings (SSSR count). The number of hydrogen-bond acceptors (Lipinski definition) is 6. The molecule has 4 aromatic heterocycles. The van der Waals surface area contributed by atoms with Crippen LogP contribution in [0.15, 0.2) is 72.8 Å². The Kier molecular flexibility index (Phi) is 7.89. The van der Waals surface area contributed by atoms with E-state index in [2.05, 4.69) is 24.3 Å². The molecule has 4 heterocycles. The lowest BCUT2D eigenvalue weighted by atomic mass is 10.1. The van der Waals surface area contributed by atoms with E-state index < -0.39 is 23.5 Å². The van der Waals surface area contributed by atoms with Gasteiger partial charge in [-0.3, -0.25) is 0 Å². The largest absolute Gasteiger partial charge is 0.416 e. The van der Waals surface area contributed by atoms with Crippen molar-refractivity contribution in [1.29, 1.82) is 10.5 Å². The Morgan fingerprint density at radius 2 is 0.886 bits per heavy atom. The molecule has 2 aromatic carbocycles. The minimum Gasteiger partial charge on any atom is -0.192 e. The van der Waals surface area contributed by atoms with Crippen molar-refractivity contribution in [3.05, 3.63) is 115 Å². The second-order valence-corrected chi connectivity index (χ2v) is 14.4. The van der Waals surface area contributed by atoms with Crippen LogP contribution in [0.3, 0.4) is 0 Å². The first-order valence-electron chi connectivity index (χ1n) is 12.8. The number of thiophene rings is 4. The van der Waals surface area contributed by atoms with Crippen molar-refractivity contribution in [3.8, 4) is 33.0 Å². The highest BCUT2D eigenvalue weighted by molar-refractivity contribution is 7.28. The van der Waals surface area contributed by atoms with Crippen molar-refractivity contribution in [2.24, 2.45) is 0 Å². The van der Waals surface area contributed by atoms with Crippen LogP contribution in [0, 0.1) is 22.7 Å². The van der Waals surface area contributed by atoms with E-state index >= 15 is 0 Å². The molecule has 0 amide bonds. The summed E-state index contributed by atoms with van der Waals surface area (Å²) in [5, 5.41) is 19.4. The Balaban J connectivity index is 1.19. The molecule has 0 aliphatic rings. The van der Waals surface area contributed by atoms with Crippen LogP contribution in [0.5, 0.6) is 0 Å². The zero-order chi connectivity index (χ0) is 31.2. The minimum atomic E-state index is -4.41. The summed E-state index contributed by atoms with van der Waals surface area (Å²) in [5.41, 5.74) is 0.780. The molecule has 0 radical (unpaired) electrons. The molecule has 0 saturated carbocycles. The van der Waals surface area contributed by atoms with Gasteiger partial charge in [0.2, 0.25) is 0 Å². The van der Waals surface area contributed by atoms with Gasteiger partial charge in [0.1, 0.15) is 12.1 Å². The van der Waals surface area contributed by atoms with Gasteiger partial charge in [0, 0.05) is 51.5 Å². The van der Waals surface area contributed by atoms with E-state index in [1.54, 1.807) is 34.8 Å². The van der Waals surface area contributed by atoms with E-state index in [0.29, 0.717) is 35.1 Å². The molecular weight excluding hydrogens is 655 g/mol. The summed E-state index contributed by atoms with van der Waals surface area (Å²) in [6.45, 7) is 0. The molecule has 2 nitrogen and oxygen atoms in total. The Bertz CT molecular complexity index is 1880. The summed E-state index contributed by atoms with van der Waals surface area (Å²) in [6.07, 6.45) is -7.78. The van der Waals surface area contributed by atoms with Gasteiger partial charge in [-0.2, -0.15) is 36.9 Å². The fourth-order valence-corrected chi connectivity index (χ4v) is 9.60. The lowest BCUT2D eigenvalue weighted by molar-refractivity contribution is -0.138. The second kappa shape index (κ2) is 11.5. The number of fused-ring (bicyclic) bond motifs is 1. The summed E-state index contributed by atoms with van der Waals surface area (Å²) in [4.78, 5) is 5.23. The van der Waals surface area contributed by atoms with E-state index in [1.807, 2.05) is 0 Å². The lowest BCUT2D eigenvalue weighted by Crippen LogP contribution is -2.03. The van der Waals surface area contributed by atoms with Gasteiger partial charge in [-0.15, -0.1) is 45.3 Å². The predicted octanol–water partition coefficient (Wildman–Crippen LogP) is 11.4. The molecule has 0 unspecified atom stereocenters. The summed E-state index contributed by atoms with van der Waals surface area (Å²) in [7, 11) is 0. The summed E-state index contributed by atoms with van der Waals surface area (Å²) >= 11 is 5.98. The fourth-order valence-electron chi connectivity index (χ4n) is 4.67. The third-order valence-corrected chi connectivity index (χ3v) is 11.5. The number of nitriles is 2. The molecule has 0 spiro atoms. The Hall–Kier alpha value is -3.94. The maximum atomic E-state index is 12.9. The smallest absolute Gasteiger partial charge is 0.192 e. The Labute approximate surface area is 263 Å². The van der Waals surface area contributed by atoms with Crippen molar-refractivity contribution < 1.29 is 26.3 Å². The third kappa shape index (κ3) is 6.17. The molecule has 6 aromatic rings. The van der Waals surface area contributed by atoms with Crippen molar-refractivity contribution in [3.63, 3.8) is 0 Å². The third-order valence-electron chi connectivity index (χ3n) is 6.83. The molecule has 0 bridgehead atoms. The molecular formula is C32H16F6N2S4. The number of rotatable bonds is 6. The average Bonchev–Trinajstić information content (AvgIpc) is 3.75. The predicted molar refractivity (Wildman–Crippen MR) is 164 cm³/mol. The first kappa shape index (κ1) is 30.1. The topological polar surface area (TPSA) is 47.6 Å². The highest BCUT2D eigenvalue weighted by Crippen LogP contribution is 2.41. The van der Waals surface area contributed by atoms with Gasteiger partial charge in [-0.25, -0.2) is 0 Å². The minimum absolute atomic E-state index is 0.493. The van der Waals surface area contributed by atoms with Crippen molar-refractivity contribution in [2.75, 3.05) is 0 Å². The Morgan fingerprint density at radius 3 is 1.20 bits per heavy atom. The maximum absolute atomic E-state index is 12.9. The van der Waals surface area contributed by atoms with Crippen LogP contribution >= 0.6 is 45.3 Å². The first-order chi connectivity index (χ1) is 20.9. The molecule has 44 heavy (non-hydrogen) atoms. The van der Waals surface area contributed by atoms with E-state index in [4.69, 9.17) is 0 Å². The number of nitrogens with zero attached hydrogens (tertiary/aromatic N) is 2. The molecule has 0 fully saturated rings. The number of alkyl halides is 6. The van der Waals surface area contributed by atoms with Crippen molar-refractivity contribution in [1.82, 2.24) is 0 Å². The highest BCUT2D eigenvalue weighted by atomic mass is 32.1. The van der Waals surface area contributed by atoms with E-state index in [9.17, 15) is 36.9 Å². The van der Waals surface area contributed by atoms with Gasteiger partial charge in [0.05, 0.1) is 22.3 Å². The quantitative estimate of drug-likeness (QED) is 0.166. The summed E-state index contributed by atoms with van der Waals surface area (Å²) < 4.78 is 79.8. The molecule has 0 N–H and O–H groups in total. The second-order valence-electron chi connectivity index (χ2n) is 9.78. The van der Waals surface area contributed by atoms with Crippen LogP contribution in [0.2, 0.25) is 0 Å². The lowest BCUT2D eigenvalue weighted by Gasteiger charge is -2.06. The molecule has 12 heteroatoms. The molecule has 0 atom stereocenters. The number of hydrogen-bond donors (Lipinski definition) is 0. The van der Waals surface area contributed by atoms with Gasteiger partial charge in [-0.05, 0) is 59.7 Å². The van der Waals surface area contributed by atoms with Crippen LogP contribution < -0.4 is 0 Å². The standard InChI is InChI=1S/C32H16F6N2S4/c33-31(34,35)21-5-1-17(2-6-21)25-9-19(15-39)27(43-25)11-23-13-29-30(41-23)14-24(42-29)12-28-20(16-40)10-26(44-28)18-3-7-22(8-4-18)32(36,37)38/h1-10,13-14H,11-12H2. The number of benzene rings is 2. The average molecular weight is 671 g/mol. The van der Waals surface area contributed by atoms with Gasteiger partial charge >= 0.3 is 12.4 Å². The van der Waals surface area contributed by atoms with Gasteiger partial charge in [-0.1, -0.05) is 24.3 Å². The molecule has 0 aliphatic carbocycles. The SMILES string of the molecule is N#Cc1cc(-c2ccc(C(F)(F)F)cc2)sc1Cc1cc2sc(Cc3sc(-c4ccc(C(F)(F)F)cc4)cc3C#N)cc2s1. The van der Waals surface area contributed by atoms with E-state index in [1.165, 1.54) is 46.9 Å². The van der Waals surface area contributed by atoms with Crippen LogP contribution in [-0.2, 0) is 25.2 Å². The highest BCUT2D eigenvalue weighted by Gasteiger charge is 2.31. The zero-order valence-corrected chi connectivity index (χ0v) is 25.4. The van der Waals surface area contributed by atoms with E-state index in [0.717, 1.165) is 62.9 Å². The maximum Gasteiger partial charge on any atom is 0.416 e. The van der Waals surface area contributed by atoms with Crippen molar-refractivity contribution in [2.45, 2.75) is 25.2 Å². The van der Waals surface area contributed by atoms with Crippen LogP contribution in [0.25, 0.3) is 30.3 Å². The van der Waals surface area contributed by atoms with Crippen molar-refractivity contribution >= 4 is 54.7 Å². The first-order valence-corrected chi connectivity index (χ1v) is 16.1. The van der Waals surface area contributed by atoms with Gasteiger partial charge in [0.15, 0.2) is 0 Å². The van der Waals surface area contributed by atoms with Gasteiger partial charge < -0.3 is 0 Å².